The number of nitrogens with zero attached hydrogens (tertiary/aromatic N) is 2. The Morgan fingerprint density at radius 1 is 1.02 bits per heavy atom. The second-order valence-electron chi connectivity index (χ2n) is 12.5. The van der Waals surface area contributed by atoms with Crippen LogP contribution in [0.15, 0.2) is 0 Å². The van der Waals surface area contributed by atoms with Crippen LogP contribution in [0, 0.1) is 5.41 Å². The molecule has 0 radical (unpaired) electrons. The monoisotopic (exact) mass is 587 g/mol. The van der Waals surface area contributed by atoms with E-state index in [2.05, 4.69) is 16.0 Å². The zero-order valence-electron chi connectivity index (χ0n) is 24.6. The highest BCUT2D eigenvalue weighted by molar-refractivity contribution is 5.90. The number of alkyl halides is 2. The van der Waals surface area contributed by atoms with E-state index in [9.17, 15) is 28.0 Å². The number of hydrogen-bond donors (Lipinski definition) is 3. The van der Waals surface area contributed by atoms with E-state index in [1.165, 1.54) is 9.80 Å². The van der Waals surface area contributed by atoms with E-state index in [1.807, 2.05) is 20.8 Å². The topological polar surface area (TPSA) is 129 Å². The molecule has 1 saturated carbocycles. The van der Waals surface area contributed by atoms with Crippen molar-refractivity contribution >= 4 is 23.6 Å². The highest BCUT2D eigenvalue weighted by atomic mass is 19.3. The Bertz CT molecular complexity index is 905. The minimum absolute atomic E-state index is 0.0535. The normalized spacial score (nSPS) is 26.0. The number of hydrogen-bond acceptors (Lipinski definition) is 7. The van der Waals surface area contributed by atoms with E-state index in [0.29, 0.717) is 32.1 Å². The highest BCUT2D eigenvalue weighted by Gasteiger charge is 2.40. The van der Waals surface area contributed by atoms with Gasteiger partial charge >= 0.3 is 0 Å². The Morgan fingerprint density at radius 3 is 2.44 bits per heavy atom. The first-order chi connectivity index (χ1) is 19.3. The molecule has 234 valence electrons. The molecule has 11 nitrogen and oxygen atoms in total. The minimum atomic E-state index is -2.62. The van der Waals surface area contributed by atoms with Gasteiger partial charge < -0.3 is 35.2 Å². The summed E-state index contributed by atoms with van der Waals surface area (Å²) < 4.78 is 38.2. The first-order valence-corrected chi connectivity index (χ1v) is 14.7. The molecule has 4 amide bonds. The zero-order valence-corrected chi connectivity index (χ0v) is 24.6. The summed E-state index contributed by atoms with van der Waals surface area (Å²) in [5.74, 6) is -3.85. The number of rotatable bonds is 6. The van der Waals surface area contributed by atoms with Gasteiger partial charge in [-0.15, -0.1) is 0 Å². The Kier molecular flexibility index (Phi) is 12.3. The standard InChI is InChI=1S/C28H47F2N5O6/c1-27(2,3)17-23(36)31-9-12-34-18-24(37)35-11-6-21(33-20-4-7-28(29,30)8-5-20)16-22(35)26(39)32-10-13-40-14-15-41-19-25(34)38/h20-22,33H,4-19H2,1-3H3,(H,31,36)(H,32,39)/t21-,22-/m1/s1. The Balaban J connectivity index is 1.67. The number of piperidine rings is 1. The molecule has 0 unspecified atom stereocenters. The molecular formula is C28H47F2N5O6. The maximum atomic E-state index is 13.6. The third-order valence-electron chi connectivity index (χ3n) is 7.63. The van der Waals surface area contributed by atoms with E-state index in [1.54, 1.807) is 0 Å². The smallest absolute Gasteiger partial charge is 0.249 e. The van der Waals surface area contributed by atoms with Gasteiger partial charge in [0.1, 0.15) is 12.6 Å². The van der Waals surface area contributed by atoms with Crippen LogP contribution in [-0.4, -0.2) is 117 Å². The molecule has 0 bridgehead atoms. The van der Waals surface area contributed by atoms with Gasteiger partial charge in [0.25, 0.3) is 0 Å². The summed E-state index contributed by atoms with van der Waals surface area (Å²) in [5.41, 5.74) is -0.187. The van der Waals surface area contributed by atoms with Crippen molar-refractivity contribution in [3.8, 4) is 0 Å². The number of carbonyl (C=O) groups is 4. The number of ether oxygens (including phenoxy) is 2. The molecule has 41 heavy (non-hydrogen) atoms. The first-order valence-electron chi connectivity index (χ1n) is 14.7. The van der Waals surface area contributed by atoms with Crippen LogP contribution in [0.2, 0.25) is 0 Å². The van der Waals surface area contributed by atoms with Crippen molar-refractivity contribution in [1.29, 1.82) is 0 Å². The third kappa shape index (κ3) is 11.4. The molecule has 2 heterocycles. The summed E-state index contributed by atoms with van der Waals surface area (Å²) in [5, 5.41) is 9.10. The van der Waals surface area contributed by atoms with Crippen molar-refractivity contribution in [3.05, 3.63) is 0 Å². The molecule has 3 fully saturated rings. The summed E-state index contributed by atoms with van der Waals surface area (Å²) in [4.78, 5) is 54.9. The second kappa shape index (κ2) is 15.2. The lowest BCUT2D eigenvalue weighted by atomic mass is 9.89. The maximum absolute atomic E-state index is 13.6. The van der Waals surface area contributed by atoms with Gasteiger partial charge in [-0.1, -0.05) is 20.8 Å². The molecule has 3 rings (SSSR count). The lowest BCUT2D eigenvalue weighted by Gasteiger charge is -2.41. The van der Waals surface area contributed by atoms with Gasteiger partial charge in [0, 0.05) is 57.5 Å². The first kappa shape index (κ1) is 33.1. The molecule has 0 aromatic rings. The van der Waals surface area contributed by atoms with Crippen molar-refractivity contribution in [2.75, 3.05) is 59.2 Å². The van der Waals surface area contributed by atoms with Crippen LogP contribution in [0.25, 0.3) is 0 Å². The third-order valence-corrected chi connectivity index (χ3v) is 7.63. The van der Waals surface area contributed by atoms with Crippen LogP contribution in [0.1, 0.15) is 65.7 Å². The van der Waals surface area contributed by atoms with E-state index < -0.39 is 17.9 Å². The molecule has 0 aromatic carbocycles. The Morgan fingerprint density at radius 2 is 1.73 bits per heavy atom. The lowest BCUT2D eigenvalue weighted by molar-refractivity contribution is -0.148. The fourth-order valence-electron chi connectivity index (χ4n) is 5.46. The molecule has 2 aliphatic heterocycles. The average molecular weight is 588 g/mol. The number of halogens is 2. The number of nitrogens with one attached hydrogen (secondary N) is 3. The Hall–Kier alpha value is -2.38. The summed E-state index contributed by atoms with van der Waals surface area (Å²) in [6, 6.07) is -0.931. The van der Waals surface area contributed by atoms with Gasteiger partial charge in [-0.3, -0.25) is 19.2 Å². The van der Waals surface area contributed by atoms with E-state index in [4.69, 9.17) is 9.47 Å². The van der Waals surface area contributed by atoms with Gasteiger partial charge in [-0.25, -0.2) is 8.78 Å². The summed E-state index contributed by atoms with van der Waals surface area (Å²) in [7, 11) is 0. The molecule has 2 saturated heterocycles. The SMILES string of the molecule is CC(C)(C)CC(=O)NCCN1CC(=O)N2CC[C@@H](NC3CCC(F)(F)CC3)C[C@@H]2C(=O)NCCOCCOCC1=O. The molecule has 0 aromatic heterocycles. The molecule has 1 aliphatic carbocycles. The van der Waals surface area contributed by atoms with Crippen LogP contribution >= 0.6 is 0 Å². The average Bonchev–Trinajstić information content (AvgIpc) is 2.89. The molecule has 3 aliphatic rings. The molecule has 0 spiro atoms. The van der Waals surface area contributed by atoms with Crippen molar-refractivity contribution in [2.45, 2.75) is 89.8 Å². The predicted octanol–water partition coefficient (Wildman–Crippen LogP) is 1.06. The fourth-order valence-corrected chi connectivity index (χ4v) is 5.46. The Labute approximate surface area is 241 Å². The van der Waals surface area contributed by atoms with Crippen molar-refractivity contribution in [2.24, 2.45) is 5.41 Å². The summed E-state index contributed by atoms with van der Waals surface area (Å²) in [6.45, 7) is 6.88. The van der Waals surface area contributed by atoms with E-state index in [0.717, 1.165) is 0 Å². The second-order valence-corrected chi connectivity index (χ2v) is 12.5. The van der Waals surface area contributed by atoms with Crippen LogP contribution < -0.4 is 16.0 Å². The van der Waals surface area contributed by atoms with Gasteiger partial charge in [0.05, 0.1) is 26.4 Å². The van der Waals surface area contributed by atoms with Gasteiger partial charge in [-0.05, 0) is 31.1 Å². The number of fused-ring (bicyclic) bond motifs is 1. The van der Waals surface area contributed by atoms with Crippen molar-refractivity contribution in [1.82, 2.24) is 25.8 Å². The summed E-state index contributed by atoms with van der Waals surface area (Å²) in [6.07, 6.45) is 1.65. The largest absolute Gasteiger partial charge is 0.377 e. The minimum Gasteiger partial charge on any atom is -0.377 e. The molecule has 2 atom stereocenters. The van der Waals surface area contributed by atoms with Crippen LogP contribution in [0.5, 0.6) is 0 Å². The van der Waals surface area contributed by atoms with Gasteiger partial charge in [-0.2, -0.15) is 0 Å². The van der Waals surface area contributed by atoms with Gasteiger partial charge in [0.2, 0.25) is 29.6 Å². The molecule has 13 heteroatoms. The predicted molar refractivity (Wildman–Crippen MR) is 147 cm³/mol. The van der Waals surface area contributed by atoms with E-state index >= 15 is 0 Å². The highest BCUT2D eigenvalue weighted by Crippen LogP contribution is 2.33. The van der Waals surface area contributed by atoms with Crippen molar-refractivity contribution in [3.63, 3.8) is 0 Å². The fraction of sp³-hybridized carbons (Fsp3) is 0.857. The number of amides is 4. The molecule has 3 N–H and O–H groups in total. The van der Waals surface area contributed by atoms with Gasteiger partial charge in [0.15, 0.2) is 0 Å². The summed E-state index contributed by atoms with van der Waals surface area (Å²) >= 11 is 0. The van der Waals surface area contributed by atoms with Crippen LogP contribution in [0.3, 0.4) is 0 Å². The lowest BCUT2D eigenvalue weighted by Crippen LogP contribution is -2.60. The maximum Gasteiger partial charge on any atom is 0.249 e. The van der Waals surface area contributed by atoms with Crippen molar-refractivity contribution < 1.29 is 37.4 Å². The number of carbonyl (C=O) groups excluding carboxylic acids is 4. The quantitative estimate of drug-likeness (QED) is 0.424. The van der Waals surface area contributed by atoms with Crippen LogP contribution in [-0.2, 0) is 28.7 Å². The van der Waals surface area contributed by atoms with E-state index in [-0.39, 0.29) is 107 Å². The zero-order chi connectivity index (χ0) is 30.0. The van der Waals surface area contributed by atoms with Crippen LogP contribution in [0.4, 0.5) is 8.78 Å². The molecular weight excluding hydrogens is 540 g/mol.